The number of aliphatic imine (C=N–C) groups is 1. The van der Waals surface area contributed by atoms with Gasteiger partial charge in [0.2, 0.25) is 0 Å². The van der Waals surface area contributed by atoms with Gasteiger partial charge in [-0.1, -0.05) is 37.3 Å². The molecule has 1 fully saturated rings. The molecule has 26 heavy (non-hydrogen) atoms. The Balaban J connectivity index is 0.00000338. The lowest BCUT2D eigenvalue weighted by molar-refractivity contribution is 0.0926. The van der Waals surface area contributed by atoms with Gasteiger partial charge in [-0.15, -0.1) is 24.0 Å². The van der Waals surface area contributed by atoms with Gasteiger partial charge in [0, 0.05) is 33.8 Å². The lowest BCUT2D eigenvalue weighted by Gasteiger charge is -2.23. The van der Waals surface area contributed by atoms with Gasteiger partial charge in [0.15, 0.2) is 5.96 Å². The van der Waals surface area contributed by atoms with E-state index in [0.29, 0.717) is 12.5 Å². The van der Waals surface area contributed by atoms with E-state index in [0.717, 1.165) is 44.8 Å². The molecule has 2 rings (SSSR count). The van der Waals surface area contributed by atoms with E-state index in [1.54, 1.807) is 0 Å². The molecular formula is C20H34IN3O2. The summed E-state index contributed by atoms with van der Waals surface area (Å²) in [6, 6.07) is 10.3. The first-order valence-corrected chi connectivity index (χ1v) is 9.30. The highest BCUT2D eigenvalue weighted by molar-refractivity contribution is 14.0. The maximum atomic E-state index is 5.80. The van der Waals surface area contributed by atoms with E-state index in [-0.39, 0.29) is 24.0 Å². The topological polar surface area (TPSA) is 46.1 Å². The van der Waals surface area contributed by atoms with Crippen LogP contribution in [0.1, 0.15) is 25.3 Å². The predicted octanol–water partition coefficient (Wildman–Crippen LogP) is 3.39. The molecule has 0 aromatic heterocycles. The molecule has 1 aliphatic carbocycles. The summed E-state index contributed by atoms with van der Waals surface area (Å²) in [5.74, 6) is 2.14. The van der Waals surface area contributed by atoms with Crippen molar-refractivity contribution < 1.29 is 9.47 Å². The quantitative estimate of drug-likeness (QED) is 0.231. The minimum atomic E-state index is 0. The van der Waals surface area contributed by atoms with Crippen LogP contribution in [-0.2, 0) is 16.1 Å². The van der Waals surface area contributed by atoms with E-state index in [4.69, 9.17) is 9.47 Å². The lowest BCUT2D eigenvalue weighted by Crippen LogP contribution is -2.42. The van der Waals surface area contributed by atoms with Crippen LogP contribution in [0.2, 0.25) is 0 Å². The molecule has 0 heterocycles. The molecule has 0 amide bonds. The van der Waals surface area contributed by atoms with Gasteiger partial charge in [-0.25, -0.2) is 0 Å². The smallest absolute Gasteiger partial charge is 0.193 e. The molecule has 0 saturated heterocycles. The van der Waals surface area contributed by atoms with Gasteiger partial charge in [-0.3, -0.25) is 4.99 Å². The minimum absolute atomic E-state index is 0. The molecule has 6 heteroatoms. The van der Waals surface area contributed by atoms with Crippen LogP contribution in [0.5, 0.6) is 0 Å². The molecule has 0 radical (unpaired) electrons. The molecule has 0 spiro atoms. The van der Waals surface area contributed by atoms with E-state index >= 15 is 0 Å². The fourth-order valence-corrected chi connectivity index (χ4v) is 2.50. The summed E-state index contributed by atoms with van der Waals surface area (Å²) < 4.78 is 11.5. The third kappa shape index (κ3) is 9.73. The van der Waals surface area contributed by atoms with Gasteiger partial charge in [-0.2, -0.15) is 0 Å². The molecular weight excluding hydrogens is 441 g/mol. The fourth-order valence-electron chi connectivity index (χ4n) is 2.50. The summed E-state index contributed by atoms with van der Waals surface area (Å²) in [5.41, 5.74) is 1.21. The maximum absolute atomic E-state index is 5.80. The molecule has 1 atom stereocenters. The largest absolute Gasteiger partial charge is 0.379 e. The fraction of sp³-hybridized carbons (Fsp3) is 0.650. The Bertz CT molecular complexity index is 509. The molecule has 1 saturated carbocycles. The minimum Gasteiger partial charge on any atom is -0.379 e. The second-order valence-electron chi connectivity index (χ2n) is 6.97. The molecule has 0 bridgehead atoms. The Kier molecular flexibility index (Phi) is 11.9. The Hall–Kier alpha value is -0.860. The average Bonchev–Trinajstić information content (AvgIpc) is 3.44. The summed E-state index contributed by atoms with van der Waals surface area (Å²) in [6.45, 7) is 6.94. The zero-order valence-electron chi connectivity index (χ0n) is 16.3. The van der Waals surface area contributed by atoms with Crippen LogP contribution in [0, 0.1) is 11.8 Å². The number of guanidine groups is 1. The van der Waals surface area contributed by atoms with Crippen LogP contribution in [-0.4, -0.2) is 57.9 Å². The van der Waals surface area contributed by atoms with Crippen molar-refractivity contribution in [2.45, 2.75) is 26.4 Å². The van der Waals surface area contributed by atoms with Crippen molar-refractivity contribution in [1.29, 1.82) is 0 Å². The molecule has 1 aliphatic rings. The first-order valence-electron chi connectivity index (χ1n) is 9.30. The highest BCUT2D eigenvalue weighted by Gasteiger charge is 2.21. The zero-order valence-corrected chi connectivity index (χ0v) is 18.6. The van der Waals surface area contributed by atoms with Crippen molar-refractivity contribution in [2.75, 3.05) is 47.0 Å². The van der Waals surface area contributed by atoms with Crippen molar-refractivity contribution in [2.24, 2.45) is 16.8 Å². The van der Waals surface area contributed by atoms with Crippen molar-refractivity contribution in [3.63, 3.8) is 0 Å². The van der Waals surface area contributed by atoms with E-state index in [1.807, 2.05) is 32.3 Å². The van der Waals surface area contributed by atoms with Gasteiger partial charge in [0.25, 0.3) is 0 Å². The summed E-state index contributed by atoms with van der Waals surface area (Å²) in [6.07, 6.45) is 2.67. The predicted molar refractivity (Wildman–Crippen MR) is 118 cm³/mol. The van der Waals surface area contributed by atoms with Crippen LogP contribution in [0.3, 0.4) is 0 Å². The van der Waals surface area contributed by atoms with E-state index in [1.165, 1.54) is 18.4 Å². The number of benzene rings is 1. The van der Waals surface area contributed by atoms with Crippen molar-refractivity contribution in [3.05, 3.63) is 35.9 Å². The number of likely N-dealkylation sites (N-methyl/N-ethyl adjacent to an activating group) is 1. The summed E-state index contributed by atoms with van der Waals surface area (Å²) in [4.78, 5) is 6.46. The second kappa shape index (κ2) is 13.3. The standard InChI is InChI=1S/C20H33N3O2.HI/c1-17(14-25-16-18-7-5-4-6-8-18)13-22-20(21-2)23(3)11-12-24-15-19-9-10-19;/h4-8,17,19H,9-16H2,1-3H3,(H,21,22);1H. The SMILES string of the molecule is CN=C(NCC(C)COCc1ccccc1)N(C)CCOCC1CC1.I. The monoisotopic (exact) mass is 475 g/mol. The molecule has 1 N–H and O–H groups in total. The van der Waals surface area contributed by atoms with Crippen LogP contribution < -0.4 is 5.32 Å². The van der Waals surface area contributed by atoms with Gasteiger partial charge < -0.3 is 19.7 Å². The number of nitrogens with zero attached hydrogens (tertiary/aromatic N) is 2. The Labute approximate surface area is 175 Å². The number of ether oxygens (including phenoxy) is 2. The van der Waals surface area contributed by atoms with Crippen molar-refractivity contribution in [3.8, 4) is 0 Å². The average molecular weight is 475 g/mol. The van der Waals surface area contributed by atoms with Gasteiger partial charge in [-0.05, 0) is 30.2 Å². The number of hydrogen-bond acceptors (Lipinski definition) is 3. The third-order valence-electron chi connectivity index (χ3n) is 4.32. The van der Waals surface area contributed by atoms with E-state index < -0.39 is 0 Å². The first kappa shape index (κ1) is 23.2. The second-order valence-corrected chi connectivity index (χ2v) is 6.97. The lowest BCUT2D eigenvalue weighted by atomic mass is 10.2. The Morgan fingerprint density at radius 2 is 2.00 bits per heavy atom. The number of hydrogen-bond donors (Lipinski definition) is 1. The molecule has 148 valence electrons. The van der Waals surface area contributed by atoms with Crippen LogP contribution in [0.15, 0.2) is 35.3 Å². The number of rotatable bonds is 11. The molecule has 0 aliphatic heterocycles. The zero-order chi connectivity index (χ0) is 17.9. The van der Waals surface area contributed by atoms with Gasteiger partial charge in [0.1, 0.15) is 0 Å². The van der Waals surface area contributed by atoms with E-state index in [9.17, 15) is 0 Å². The number of nitrogens with one attached hydrogen (secondary N) is 1. The highest BCUT2D eigenvalue weighted by Crippen LogP contribution is 2.28. The summed E-state index contributed by atoms with van der Waals surface area (Å²) in [7, 11) is 3.87. The molecule has 5 nitrogen and oxygen atoms in total. The van der Waals surface area contributed by atoms with Crippen molar-refractivity contribution >= 4 is 29.9 Å². The van der Waals surface area contributed by atoms with Crippen LogP contribution in [0.25, 0.3) is 0 Å². The first-order chi connectivity index (χ1) is 12.2. The third-order valence-corrected chi connectivity index (χ3v) is 4.32. The molecule has 1 aromatic rings. The van der Waals surface area contributed by atoms with Gasteiger partial charge >= 0.3 is 0 Å². The summed E-state index contributed by atoms with van der Waals surface area (Å²) in [5, 5.41) is 3.42. The molecule has 1 unspecified atom stereocenters. The number of halogens is 1. The van der Waals surface area contributed by atoms with Crippen LogP contribution in [0.4, 0.5) is 0 Å². The van der Waals surface area contributed by atoms with Crippen LogP contribution >= 0.6 is 24.0 Å². The maximum Gasteiger partial charge on any atom is 0.193 e. The molecule has 1 aromatic carbocycles. The van der Waals surface area contributed by atoms with E-state index in [2.05, 4.69) is 34.3 Å². The summed E-state index contributed by atoms with van der Waals surface area (Å²) >= 11 is 0. The van der Waals surface area contributed by atoms with Gasteiger partial charge in [0.05, 0.1) is 19.8 Å². The Morgan fingerprint density at radius 1 is 1.27 bits per heavy atom. The van der Waals surface area contributed by atoms with Crippen molar-refractivity contribution in [1.82, 2.24) is 10.2 Å². The highest BCUT2D eigenvalue weighted by atomic mass is 127. The Morgan fingerprint density at radius 3 is 2.65 bits per heavy atom. The normalized spacial score (nSPS) is 15.3.